The van der Waals surface area contributed by atoms with Gasteiger partial charge in [0.25, 0.3) is 0 Å². The van der Waals surface area contributed by atoms with Gasteiger partial charge in [0.05, 0.1) is 0 Å². The molecule has 0 aliphatic carbocycles. The summed E-state index contributed by atoms with van der Waals surface area (Å²) in [4.78, 5) is 0. The molecule has 0 amide bonds. The fourth-order valence-corrected chi connectivity index (χ4v) is 1.59. The Morgan fingerprint density at radius 1 is 1.12 bits per heavy atom. The van der Waals surface area contributed by atoms with E-state index in [1.165, 1.54) is 22.3 Å². The lowest BCUT2D eigenvalue weighted by Gasteiger charge is -2.12. The molecule has 0 radical (unpaired) electrons. The molecule has 0 bridgehead atoms. The van der Waals surface area contributed by atoms with Gasteiger partial charge >= 0.3 is 0 Å². The molecule has 0 N–H and O–H groups in total. The average molecular weight is 226 g/mol. The summed E-state index contributed by atoms with van der Waals surface area (Å²) in [6, 6.07) is 8.76. The van der Waals surface area contributed by atoms with E-state index in [0.29, 0.717) is 5.92 Å². The lowest BCUT2D eigenvalue weighted by atomic mass is 9.93. The summed E-state index contributed by atoms with van der Waals surface area (Å²) in [5.74, 6) is 0.462. The van der Waals surface area contributed by atoms with E-state index in [4.69, 9.17) is 0 Å². The smallest absolute Gasteiger partial charge is 0.00201 e. The predicted molar refractivity (Wildman–Crippen MR) is 77.3 cm³/mol. The van der Waals surface area contributed by atoms with Crippen molar-refractivity contribution in [2.24, 2.45) is 0 Å². The molecule has 0 aliphatic heterocycles. The first-order valence-electron chi connectivity index (χ1n) is 6.08. The Bertz CT molecular complexity index is 430. The highest BCUT2D eigenvalue weighted by atomic mass is 14.1. The normalized spacial score (nSPS) is 14.6. The lowest BCUT2D eigenvalue weighted by molar-refractivity contribution is 0.893. The third-order valence-electron chi connectivity index (χ3n) is 3.19. The molecule has 0 spiro atoms. The van der Waals surface area contributed by atoms with Crippen molar-refractivity contribution in [3.05, 3.63) is 71.3 Å². The van der Waals surface area contributed by atoms with Crippen LogP contribution in [0.25, 0.3) is 0 Å². The Labute approximate surface area is 105 Å². The van der Waals surface area contributed by atoms with Crippen molar-refractivity contribution in [3.8, 4) is 0 Å². The number of hydrogen-bond donors (Lipinski definition) is 0. The van der Waals surface area contributed by atoms with Crippen molar-refractivity contribution >= 4 is 0 Å². The van der Waals surface area contributed by atoms with Crippen LogP contribution in [0.3, 0.4) is 0 Å². The molecule has 0 aliphatic rings. The highest BCUT2D eigenvalue weighted by molar-refractivity contribution is 5.32. The molecule has 0 heterocycles. The molecule has 0 fully saturated rings. The van der Waals surface area contributed by atoms with Crippen LogP contribution in [0.1, 0.15) is 37.8 Å². The number of benzene rings is 1. The first-order valence-corrected chi connectivity index (χ1v) is 6.08. The van der Waals surface area contributed by atoms with Crippen molar-refractivity contribution in [1.29, 1.82) is 0 Å². The van der Waals surface area contributed by atoms with E-state index in [2.05, 4.69) is 70.7 Å². The van der Waals surface area contributed by atoms with E-state index in [0.717, 1.165) is 0 Å². The van der Waals surface area contributed by atoms with E-state index < -0.39 is 0 Å². The van der Waals surface area contributed by atoms with E-state index in [-0.39, 0.29) is 0 Å². The summed E-state index contributed by atoms with van der Waals surface area (Å²) in [5.41, 5.74) is 5.24. The van der Waals surface area contributed by atoms with Crippen LogP contribution in [0.4, 0.5) is 0 Å². The summed E-state index contributed by atoms with van der Waals surface area (Å²) in [5, 5.41) is 0. The summed E-state index contributed by atoms with van der Waals surface area (Å²) < 4.78 is 0. The minimum atomic E-state index is 0.462. The molecule has 1 rings (SSSR count). The zero-order valence-electron chi connectivity index (χ0n) is 11.3. The molecule has 0 heteroatoms. The van der Waals surface area contributed by atoms with Gasteiger partial charge in [-0.3, -0.25) is 0 Å². The van der Waals surface area contributed by atoms with Gasteiger partial charge in [0, 0.05) is 5.92 Å². The van der Waals surface area contributed by atoms with Crippen LogP contribution in [0.2, 0.25) is 0 Å². The SMILES string of the molecule is C=C/C(C)=C\C=C(/C)C(C)c1ccc(C)cc1. The lowest BCUT2D eigenvalue weighted by Crippen LogP contribution is -1.94. The number of aryl methyl sites for hydroxylation is 1. The predicted octanol–water partition coefficient (Wildman–Crippen LogP) is 5.18. The molecule has 0 aromatic heterocycles. The van der Waals surface area contributed by atoms with Gasteiger partial charge in [0.2, 0.25) is 0 Å². The van der Waals surface area contributed by atoms with Crippen LogP contribution < -0.4 is 0 Å². The Morgan fingerprint density at radius 3 is 2.24 bits per heavy atom. The first-order chi connectivity index (χ1) is 8.04. The molecule has 90 valence electrons. The van der Waals surface area contributed by atoms with Crippen LogP contribution in [0.15, 0.2) is 60.2 Å². The number of allylic oxidation sites excluding steroid dienone is 5. The van der Waals surface area contributed by atoms with Crippen molar-refractivity contribution in [2.45, 2.75) is 33.6 Å². The van der Waals surface area contributed by atoms with Crippen LogP contribution in [0.5, 0.6) is 0 Å². The zero-order chi connectivity index (χ0) is 12.8. The van der Waals surface area contributed by atoms with Crippen LogP contribution in [-0.2, 0) is 0 Å². The second kappa shape index (κ2) is 6.24. The molecule has 17 heavy (non-hydrogen) atoms. The Kier molecular flexibility index (Phi) is 4.96. The fourth-order valence-electron chi connectivity index (χ4n) is 1.59. The molecule has 1 aromatic carbocycles. The summed E-state index contributed by atoms with van der Waals surface area (Å²) in [6.07, 6.45) is 6.18. The minimum Gasteiger partial charge on any atom is -0.0988 e. The molecule has 0 saturated carbocycles. The number of rotatable bonds is 4. The third kappa shape index (κ3) is 4.07. The van der Waals surface area contributed by atoms with Gasteiger partial charge in [-0.25, -0.2) is 0 Å². The van der Waals surface area contributed by atoms with Crippen molar-refractivity contribution in [1.82, 2.24) is 0 Å². The maximum Gasteiger partial charge on any atom is 0.00201 e. The highest BCUT2D eigenvalue weighted by Crippen LogP contribution is 2.23. The monoisotopic (exact) mass is 226 g/mol. The average Bonchev–Trinajstić information content (AvgIpc) is 2.35. The Hall–Kier alpha value is -1.56. The van der Waals surface area contributed by atoms with Gasteiger partial charge in [-0.15, -0.1) is 0 Å². The van der Waals surface area contributed by atoms with Crippen LogP contribution in [0, 0.1) is 6.92 Å². The Balaban J connectivity index is 2.86. The highest BCUT2D eigenvalue weighted by Gasteiger charge is 2.05. The molecule has 0 saturated heterocycles. The van der Waals surface area contributed by atoms with Crippen molar-refractivity contribution in [3.63, 3.8) is 0 Å². The van der Waals surface area contributed by atoms with Gasteiger partial charge < -0.3 is 0 Å². The third-order valence-corrected chi connectivity index (χ3v) is 3.19. The van der Waals surface area contributed by atoms with Gasteiger partial charge in [0.1, 0.15) is 0 Å². The number of hydrogen-bond acceptors (Lipinski definition) is 0. The van der Waals surface area contributed by atoms with Crippen molar-refractivity contribution < 1.29 is 0 Å². The summed E-state index contributed by atoms with van der Waals surface area (Å²) in [7, 11) is 0. The molecule has 1 atom stereocenters. The minimum absolute atomic E-state index is 0.462. The molecule has 1 aromatic rings. The summed E-state index contributed by atoms with van der Waals surface area (Å²) >= 11 is 0. The molecule has 0 nitrogen and oxygen atoms in total. The van der Waals surface area contributed by atoms with Crippen LogP contribution >= 0.6 is 0 Å². The Morgan fingerprint density at radius 2 is 1.71 bits per heavy atom. The van der Waals surface area contributed by atoms with Gasteiger partial charge in [0.15, 0.2) is 0 Å². The fraction of sp³-hybridized carbons (Fsp3) is 0.294. The maximum absolute atomic E-state index is 3.75. The molecule has 1 unspecified atom stereocenters. The zero-order valence-corrected chi connectivity index (χ0v) is 11.3. The quantitative estimate of drug-likeness (QED) is 0.621. The first kappa shape index (κ1) is 13.5. The van der Waals surface area contributed by atoms with Gasteiger partial charge in [-0.2, -0.15) is 0 Å². The van der Waals surface area contributed by atoms with Crippen molar-refractivity contribution in [2.75, 3.05) is 0 Å². The molecular weight excluding hydrogens is 204 g/mol. The van der Waals surface area contributed by atoms with Gasteiger partial charge in [-0.1, -0.05) is 72.7 Å². The standard InChI is InChI=1S/C17H22/c1-6-13(2)7-10-15(4)16(5)17-11-8-14(3)9-12-17/h6-12,16H,1H2,2-5H3/b13-7-,15-10+. The molecular formula is C17H22. The summed E-state index contributed by atoms with van der Waals surface area (Å²) in [6.45, 7) is 12.4. The van der Waals surface area contributed by atoms with Crippen LogP contribution in [-0.4, -0.2) is 0 Å². The second-order valence-corrected chi connectivity index (χ2v) is 4.66. The van der Waals surface area contributed by atoms with E-state index in [1.807, 2.05) is 6.08 Å². The van der Waals surface area contributed by atoms with E-state index in [9.17, 15) is 0 Å². The maximum atomic E-state index is 3.75. The van der Waals surface area contributed by atoms with Gasteiger partial charge in [-0.05, 0) is 26.3 Å². The largest absolute Gasteiger partial charge is 0.0988 e. The van der Waals surface area contributed by atoms with E-state index >= 15 is 0 Å². The topological polar surface area (TPSA) is 0 Å². The van der Waals surface area contributed by atoms with E-state index in [1.54, 1.807) is 0 Å². The second-order valence-electron chi connectivity index (χ2n) is 4.66.